The van der Waals surface area contributed by atoms with E-state index in [1.807, 2.05) is 30.3 Å². The smallest absolute Gasteiger partial charge is 0.247 e. The van der Waals surface area contributed by atoms with Crippen LogP contribution in [-0.2, 0) is 14.8 Å². The number of carbonyl (C=O) groups excluding carboxylic acids is 1. The van der Waals surface area contributed by atoms with E-state index in [4.69, 9.17) is 4.42 Å². The fourth-order valence-corrected chi connectivity index (χ4v) is 4.62. The highest BCUT2D eigenvalue weighted by Gasteiger charge is 2.29. The summed E-state index contributed by atoms with van der Waals surface area (Å²) in [5.74, 6) is -1.02. The molecule has 30 heavy (non-hydrogen) atoms. The number of anilines is 2. The molecule has 1 N–H and O–H groups in total. The first-order valence-electron chi connectivity index (χ1n) is 9.21. The van der Waals surface area contributed by atoms with Crippen molar-refractivity contribution < 1.29 is 22.0 Å². The van der Waals surface area contributed by atoms with Crippen molar-refractivity contribution in [1.82, 2.24) is 0 Å². The maximum atomic E-state index is 13.2. The molecule has 0 fully saturated rings. The van der Waals surface area contributed by atoms with E-state index in [-0.39, 0.29) is 5.69 Å². The Morgan fingerprint density at radius 3 is 2.37 bits per heavy atom. The minimum absolute atomic E-state index is 0.203. The van der Waals surface area contributed by atoms with Gasteiger partial charge >= 0.3 is 0 Å². The van der Waals surface area contributed by atoms with Crippen molar-refractivity contribution in [2.45, 2.75) is 13.0 Å². The van der Waals surface area contributed by atoms with Gasteiger partial charge in [-0.15, -0.1) is 0 Å². The summed E-state index contributed by atoms with van der Waals surface area (Å²) in [4.78, 5) is 12.8. The third-order valence-corrected chi connectivity index (χ3v) is 6.06. The van der Waals surface area contributed by atoms with Gasteiger partial charge in [-0.25, -0.2) is 12.8 Å². The van der Waals surface area contributed by atoms with Crippen LogP contribution in [0.3, 0.4) is 0 Å². The van der Waals surface area contributed by atoms with Crippen molar-refractivity contribution >= 4 is 49.2 Å². The van der Waals surface area contributed by atoms with Crippen molar-refractivity contribution in [3.63, 3.8) is 0 Å². The highest BCUT2D eigenvalue weighted by molar-refractivity contribution is 7.92. The van der Waals surface area contributed by atoms with Gasteiger partial charge in [-0.1, -0.05) is 18.2 Å². The number of nitrogens with one attached hydrogen (secondary N) is 1. The second kappa shape index (κ2) is 7.46. The summed E-state index contributed by atoms with van der Waals surface area (Å²) in [7, 11) is -3.79. The Kier molecular flexibility index (Phi) is 4.95. The number of benzene rings is 3. The molecule has 1 amide bonds. The predicted molar refractivity (Wildman–Crippen MR) is 116 cm³/mol. The molecular weight excluding hydrogens is 407 g/mol. The van der Waals surface area contributed by atoms with E-state index >= 15 is 0 Å². The quantitative estimate of drug-likeness (QED) is 0.509. The second-order valence-electron chi connectivity index (χ2n) is 7.01. The van der Waals surface area contributed by atoms with Crippen LogP contribution in [0, 0.1) is 5.82 Å². The summed E-state index contributed by atoms with van der Waals surface area (Å²) < 4.78 is 44.7. The van der Waals surface area contributed by atoms with E-state index in [2.05, 4.69) is 5.32 Å². The zero-order chi connectivity index (χ0) is 21.5. The Morgan fingerprint density at radius 2 is 1.67 bits per heavy atom. The highest BCUT2D eigenvalue weighted by Crippen LogP contribution is 2.30. The molecule has 6 nitrogen and oxygen atoms in total. The summed E-state index contributed by atoms with van der Waals surface area (Å²) in [6.45, 7) is 1.47. The maximum absolute atomic E-state index is 13.2. The van der Waals surface area contributed by atoms with Gasteiger partial charge in [-0.05, 0) is 49.4 Å². The molecule has 1 aromatic heterocycles. The van der Waals surface area contributed by atoms with Gasteiger partial charge in [-0.2, -0.15) is 0 Å². The van der Waals surface area contributed by atoms with Crippen LogP contribution in [0.1, 0.15) is 6.92 Å². The van der Waals surface area contributed by atoms with Crippen LogP contribution < -0.4 is 9.62 Å². The molecule has 0 unspecified atom stereocenters. The molecule has 0 bridgehead atoms. The lowest BCUT2D eigenvalue weighted by atomic mass is 10.1. The first-order valence-corrected chi connectivity index (χ1v) is 11.1. The monoisotopic (exact) mass is 426 g/mol. The normalized spacial score (nSPS) is 12.8. The molecule has 0 aliphatic carbocycles. The number of para-hydroxylation sites is 1. The largest absolute Gasteiger partial charge is 0.456 e. The van der Waals surface area contributed by atoms with Gasteiger partial charge in [0.1, 0.15) is 23.0 Å². The first kappa shape index (κ1) is 19.9. The van der Waals surface area contributed by atoms with Crippen molar-refractivity contribution in [2.75, 3.05) is 15.9 Å². The van der Waals surface area contributed by atoms with Gasteiger partial charge < -0.3 is 9.73 Å². The number of amides is 1. The van der Waals surface area contributed by atoms with Crippen molar-refractivity contribution in [3.05, 3.63) is 72.5 Å². The third-order valence-electron chi connectivity index (χ3n) is 4.82. The Bertz CT molecular complexity index is 1350. The number of nitrogens with zero attached hydrogens (tertiary/aromatic N) is 1. The predicted octanol–water partition coefficient (Wildman–Crippen LogP) is 4.52. The van der Waals surface area contributed by atoms with Gasteiger partial charge in [0, 0.05) is 22.5 Å². The minimum Gasteiger partial charge on any atom is -0.456 e. The molecule has 4 aromatic rings. The van der Waals surface area contributed by atoms with E-state index in [1.54, 1.807) is 12.1 Å². The molecule has 0 saturated carbocycles. The maximum Gasteiger partial charge on any atom is 0.247 e. The van der Waals surface area contributed by atoms with Gasteiger partial charge in [0.25, 0.3) is 0 Å². The lowest BCUT2D eigenvalue weighted by Crippen LogP contribution is -2.45. The van der Waals surface area contributed by atoms with E-state index in [1.165, 1.54) is 19.1 Å². The molecule has 1 heterocycles. The Balaban J connectivity index is 1.62. The summed E-state index contributed by atoms with van der Waals surface area (Å²) in [6, 6.07) is 16.8. The standard InChI is InChI=1S/C22H19FN2O4S/c1-14(25(30(2,27)28)17-10-7-15(23)8-11-17)22(26)24-16-9-12-19-18-5-3-4-6-20(18)29-21(19)13-16/h3-14H,1-2H3,(H,24,26)/t14-/m0/s1. The third kappa shape index (κ3) is 3.73. The molecule has 4 rings (SSSR count). The molecule has 0 saturated heterocycles. The number of hydrogen-bond donors (Lipinski definition) is 1. The lowest BCUT2D eigenvalue weighted by molar-refractivity contribution is -0.116. The molecule has 3 aromatic carbocycles. The van der Waals surface area contributed by atoms with Gasteiger partial charge in [0.2, 0.25) is 15.9 Å². The number of fused-ring (bicyclic) bond motifs is 3. The zero-order valence-electron chi connectivity index (χ0n) is 16.3. The minimum atomic E-state index is -3.79. The fraction of sp³-hybridized carbons (Fsp3) is 0.136. The van der Waals surface area contributed by atoms with E-state index < -0.39 is 27.8 Å². The lowest BCUT2D eigenvalue weighted by Gasteiger charge is -2.28. The molecule has 8 heteroatoms. The summed E-state index contributed by atoms with van der Waals surface area (Å²) >= 11 is 0. The molecule has 0 aliphatic rings. The summed E-state index contributed by atoms with van der Waals surface area (Å²) in [5.41, 5.74) is 2.03. The summed E-state index contributed by atoms with van der Waals surface area (Å²) in [6.07, 6.45) is 1.00. The van der Waals surface area contributed by atoms with Crippen molar-refractivity contribution in [2.24, 2.45) is 0 Å². The van der Waals surface area contributed by atoms with Crippen molar-refractivity contribution in [3.8, 4) is 0 Å². The molecule has 0 aliphatic heterocycles. The average Bonchev–Trinajstić information content (AvgIpc) is 3.06. The average molecular weight is 426 g/mol. The highest BCUT2D eigenvalue weighted by atomic mass is 32.2. The molecule has 0 radical (unpaired) electrons. The zero-order valence-corrected chi connectivity index (χ0v) is 17.1. The van der Waals surface area contributed by atoms with Crippen LogP contribution in [0.4, 0.5) is 15.8 Å². The number of halogens is 1. The van der Waals surface area contributed by atoms with E-state index in [9.17, 15) is 17.6 Å². The van der Waals surface area contributed by atoms with E-state index in [0.29, 0.717) is 11.3 Å². The number of hydrogen-bond acceptors (Lipinski definition) is 4. The SMILES string of the molecule is C[C@@H](C(=O)Nc1ccc2c(c1)oc1ccccc12)N(c1ccc(F)cc1)S(C)(=O)=O. The fourth-order valence-electron chi connectivity index (χ4n) is 3.45. The van der Waals surface area contributed by atoms with Gasteiger partial charge in [0.15, 0.2) is 0 Å². The number of rotatable bonds is 5. The Morgan fingerprint density at radius 1 is 1.00 bits per heavy atom. The van der Waals surface area contributed by atoms with Crippen LogP contribution >= 0.6 is 0 Å². The second-order valence-corrected chi connectivity index (χ2v) is 8.87. The Hall–Kier alpha value is -3.39. The Labute approximate surface area is 173 Å². The molecule has 1 atom stereocenters. The topological polar surface area (TPSA) is 79.6 Å². The molecule has 154 valence electrons. The van der Waals surface area contributed by atoms with Crippen LogP contribution in [0.15, 0.2) is 71.1 Å². The van der Waals surface area contributed by atoms with Crippen LogP contribution in [0.2, 0.25) is 0 Å². The first-order chi connectivity index (χ1) is 14.2. The van der Waals surface area contributed by atoms with Crippen LogP contribution in [0.25, 0.3) is 21.9 Å². The van der Waals surface area contributed by atoms with E-state index in [0.717, 1.165) is 39.0 Å². The van der Waals surface area contributed by atoms with Crippen LogP contribution in [0.5, 0.6) is 0 Å². The number of furan rings is 1. The molecular formula is C22H19FN2O4S. The van der Waals surface area contributed by atoms with Gasteiger partial charge in [-0.3, -0.25) is 9.10 Å². The van der Waals surface area contributed by atoms with Gasteiger partial charge in [0.05, 0.1) is 11.9 Å². The summed E-state index contributed by atoms with van der Waals surface area (Å²) in [5, 5.41) is 4.62. The number of carbonyl (C=O) groups is 1. The number of sulfonamides is 1. The van der Waals surface area contributed by atoms with Crippen LogP contribution in [-0.4, -0.2) is 26.6 Å². The van der Waals surface area contributed by atoms with Crippen molar-refractivity contribution in [1.29, 1.82) is 0 Å². The molecule has 0 spiro atoms.